The highest BCUT2D eigenvalue weighted by atomic mass is 32.2. The first kappa shape index (κ1) is 15.3. The van der Waals surface area contributed by atoms with Crippen LogP contribution in [-0.4, -0.2) is 42.7 Å². The summed E-state index contributed by atoms with van der Waals surface area (Å²) < 4.78 is 26.3. The molecule has 0 spiro atoms. The van der Waals surface area contributed by atoms with Crippen LogP contribution in [0.15, 0.2) is 12.1 Å². The summed E-state index contributed by atoms with van der Waals surface area (Å²) in [6, 6.07) is 2.54. The Hall–Kier alpha value is -2.07. The van der Waals surface area contributed by atoms with Gasteiger partial charge in [-0.3, -0.25) is 19.1 Å². The third-order valence-corrected chi connectivity index (χ3v) is 3.25. The Labute approximate surface area is 121 Å². The highest BCUT2D eigenvalue weighted by Gasteiger charge is 2.26. The lowest BCUT2D eigenvalue weighted by Crippen LogP contribution is -2.47. The molecule has 10 heteroatoms. The number of rotatable bonds is 5. The molecule has 2 rings (SSSR count). The normalized spacial score (nSPS) is 19.2. The highest BCUT2D eigenvalue weighted by molar-refractivity contribution is 7.85. The van der Waals surface area contributed by atoms with Gasteiger partial charge in [0.1, 0.15) is 18.5 Å². The van der Waals surface area contributed by atoms with Crippen molar-refractivity contribution in [2.24, 2.45) is 0 Å². The number of nitrogens with one attached hydrogen (secondary N) is 2. The molecule has 1 aromatic heterocycles. The van der Waals surface area contributed by atoms with Crippen molar-refractivity contribution >= 4 is 27.8 Å². The largest absolute Gasteiger partial charge is 0.357 e. The zero-order chi connectivity index (χ0) is 15.5. The third-order valence-electron chi connectivity index (χ3n) is 2.70. The van der Waals surface area contributed by atoms with Gasteiger partial charge in [-0.15, -0.1) is 5.10 Å². The number of aromatic nitrogens is 2. The van der Waals surface area contributed by atoms with Crippen LogP contribution in [0, 0.1) is 0 Å². The maximum absolute atomic E-state index is 11.6. The fourth-order valence-corrected chi connectivity index (χ4v) is 2.03. The molecule has 2 amide bonds. The summed E-state index contributed by atoms with van der Waals surface area (Å²) in [6.45, 7) is -0.204. The maximum atomic E-state index is 11.6. The Morgan fingerprint density at radius 1 is 1.38 bits per heavy atom. The number of hydrogen-bond donors (Lipinski definition) is 2. The molecule has 1 fully saturated rings. The van der Waals surface area contributed by atoms with Crippen LogP contribution in [-0.2, 0) is 30.5 Å². The van der Waals surface area contributed by atoms with Gasteiger partial charge in [-0.05, 0) is 18.6 Å². The Kier molecular flexibility index (Phi) is 4.48. The van der Waals surface area contributed by atoms with Gasteiger partial charge in [0.05, 0.1) is 11.9 Å². The number of imide groups is 1. The summed E-state index contributed by atoms with van der Waals surface area (Å²) in [5, 5.41) is 12.7. The summed E-state index contributed by atoms with van der Waals surface area (Å²) in [5.41, 5.74) is 0.342. The third kappa shape index (κ3) is 4.76. The second-order valence-corrected chi connectivity index (χ2v) is 6.17. The molecule has 0 saturated carbocycles. The van der Waals surface area contributed by atoms with E-state index in [4.69, 9.17) is 0 Å². The molecule has 0 aromatic carbocycles. The molecule has 2 N–H and O–H groups in total. The minimum atomic E-state index is -3.54. The van der Waals surface area contributed by atoms with Gasteiger partial charge in [-0.25, -0.2) is 0 Å². The number of anilines is 1. The summed E-state index contributed by atoms with van der Waals surface area (Å²) in [5.74, 6) is -0.345. The van der Waals surface area contributed by atoms with Crippen molar-refractivity contribution in [3.63, 3.8) is 0 Å². The molecule has 0 bridgehead atoms. The Bertz CT molecular complexity index is 643. The first-order chi connectivity index (χ1) is 9.83. The van der Waals surface area contributed by atoms with E-state index in [1.165, 1.54) is 6.07 Å². The zero-order valence-electron chi connectivity index (χ0n) is 11.2. The van der Waals surface area contributed by atoms with E-state index in [9.17, 15) is 18.0 Å². The van der Waals surface area contributed by atoms with Crippen LogP contribution < -0.4 is 10.6 Å². The minimum Gasteiger partial charge on any atom is -0.357 e. The van der Waals surface area contributed by atoms with E-state index in [2.05, 4.69) is 25.0 Å². The van der Waals surface area contributed by atoms with Crippen molar-refractivity contribution in [1.82, 2.24) is 15.5 Å². The number of carbonyl (C=O) groups excluding carboxylic acids is 2. The van der Waals surface area contributed by atoms with Gasteiger partial charge in [0.25, 0.3) is 10.1 Å². The number of carbonyl (C=O) groups is 2. The second kappa shape index (κ2) is 6.14. The lowest BCUT2D eigenvalue weighted by atomic mass is 10.1. The second-order valence-electron chi connectivity index (χ2n) is 4.52. The van der Waals surface area contributed by atoms with Gasteiger partial charge in [0.2, 0.25) is 11.8 Å². The van der Waals surface area contributed by atoms with Gasteiger partial charge in [-0.2, -0.15) is 13.5 Å². The monoisotopic (exact) mass is 314 g/mol. The molecular weight excluding hydrogens is 300 g/mol. The Morgan fingerprint density at radius 3 is 2.71 bits per heavy atom. The number of hydrogen-bond acceptors (Lipinski definition) is 8. The van der Waals surface area contributed by atoms with Crippen LogP contribution in [0.25, 0.3) is 0 Å². The van der Waals surface area contributed by atoms with Crippen molar-refractivity contribution in [1.29, 1.82) is 0 Å². The molecule has 1 aliphatic rings. The van der Waals surface area contributed by atoms with Crippen LogP contribution in [0.4, 0.5) is 5.82 Å². The van der Waals surface area contributed by atoms with Crippen LogP contribution in [0.5, 0.6) is 0 Å². The van der Waals surface area contributed by atoms with E-state index < -0.39 is 22.1 Å². The lowest BCUT2D eigenvalue weighted by molar-refractivity contribution is -0.133. The first-order valence-electron chi connectivity index (χ1n) is 6.11. The fraction of sp³-hybridized carbons (Fsp3) is 0.455. The van der Waals surface area contributed by atoms with E-state index in [1.807, 2.05) is 0 Å². The highest BCUT2D eigenvalue weighted by Crippen LogP contribution is 2.11. The zero-order valence-corrected chi connectivity index (χ0v) is 12.0. The van der Waals surface area contributed by atoms with Crippen molar-refractivity contribution in [2.75, 3.05) is 11.6 Å². The molecular formula is C11H14N4O5S. The summed E-state index contributed by atoms with van der Waals surface area (Å²) in [7, 11) is -3.54. The summed E-state index contributed by atoms with van der Waals surface area (Å²) >= 11 is 0. The van der Waals surface area contributed by atoms with E-state index in [0.29, 0.717) is 17.9 Å². The quantitative estimate of drug-likeness (QED) is 0.532. The van der Waals surface area contributed by atoms with E-state index in [0.717, 1.165) is 6.26 Å². The molecule has 9 nitrogen and oxygen atoms in total. The van der Waals surface area contributed by atoms with Crippen molar-refractivity contribution in [2.45, 2.75) is 25.5 Å². The SMILES string of the molecule is CS(=O)(=O)OCc1ccc(NC2CCC(=O)NC2=O)nn1. The van der Waals surface area contributed by atoms with Crippen molar-refractivity contribution in [3.8, 4) is 0 Å². The van der Waals surface area contributed by atoms with E-state index in [-0.39, 0.29) is 18.9 Å². The van der Waals surface area contributed by atoms with E-state index in [1.54, 1.807) is 6.07 Å². The summed E-state index contributed by atoms with van der Waals surface area (Å²) in [4.78, 5) is 22.6. The van der Waals surface area contributed by atoms with E-state index >= 15 is 0 Å². The molecule has 21 heavy (non-hydrogen) atoms. The van der Waals surface area contributed by atoms with Gasteiger partial charge < -0.3 is 5.32 Å². The molecule has 1 aromatic rings. The molecule has 114 valence electrons. The average Bonchev–Trinajstić information content (AvgIpc) is 2.40. The predicted octanol–water partition coefficient (Wildman–Crippen LogP) is -0.830. The molecule has 1 atom stereocenters. The molecule has 0 radical (unpaired) electrons. The maximum Gasteiger partial charge on any atom is 0.264 e. The first-order valence-corrected chi connectivity index (χ1v) is 7.92. The summed E-state index contributed by atoms with van der Waals surface area (Å²) in [6.07, 6.45) is 1.59. The van der Waals surface area contributed by atoms with Crippen molar-refractivity contribution in [3.05, 3.63) is 17.8 Å². The molecule has 1 aliphatic heterocycles. The van der Waals surface area contributed by atoms with Gasteiger partial charge >= 0.3 is 0 Å². The van der Waals surface area contributed by atoms with Crippen LogP contribution >= 0.6 is 0 Å². The molecule has 0 aliphatic carbocycles. The molecule has 1 unspecified atom stereocenters. The Morgan fingerprint density at radius 2 is 2.14 bits per heavy atom. The smallest absolute Gasteiger partial charge is 0.264 e. The minimum absolute atomic E-state index is 0.204. The van der Waals surface area contributed by atoms with Crippen LogP contribution in [0.2, 0.25) is 0 Å². The number of amides is 2. The van der Waals surface area contributed by atoms with Gasteiger partial charge in [-0.1, -0.05) is 0 Å². The predicted molar refractivity (Wildman–Crippen MR) is 71.5 cm³/mol. The number of piperidine rings is 1. The topological polar surface area (TPSA) is 127 Å². The average molecular weight is 314 g/mol. The van der Waals surface area contributed by atoms with Gasteiger partial charge in [0, 0.05) is 6.42 Å². The molecule has 1 saturated heterocycles. The molecule has 2 heterocycles. The van der Waals surface area contributed by atoms with Crippen LogP contribution in [0.3, 0.4) is 0 Å². The van der Waals surface area contributed by atoms with Crippen LogP contribution in [0.1, 0.15) is 18.5 Å². The van der Waals surface area contributed by atoms with Crippen molar-refractivity contribution < 1.29 is 22.2 Å². The Balaban J connectivity index is 1.93. The number of nitrogens with zero attached hydrogens (tertiary/aromatic N) is 2. The fourth-order valence-electron chi connectivity index (χ4n) is 1.69. The standard InChI is InChI=1S/C11H14N4O5S/c1-21(18,19)20-6-7-2-4-9(15-14-7)12-8-3-5-10(16)13-11(8)17/h2,4,8H,3,5-6H2,1H3,(H,12,15)(H,13,16,17). The van der Waals surface area contributed by atoms with Gasteiger partial charge in [0.15, 0.2) is 0 Å². The lowest BCUT2D eigenvalue weighted by Gasteiger charge is -2.21.